The Labute approximate surface area is 140 Å². The van der Waals surface area contributed by atoms with E-state index >= 15 is 0 Å². The third kappa shape index (κ3) is 5.79. The summed E-state index contributed by atoms with van der Waals surface area (Å²) in [6.07, 6.45) is 1.87. The van der Waals surface area contributed by atoms with Gasteiger partial charge in [0.2, 0.25) is 0 Å². The molecule has 0 saturated carbocycles. The van der Waals surface area contributed by atoms with E-state index in [1.165, 1.54) is 0 Å². The Balaban J connectivity index is 1.70. The van der Waals surface area contributed by atoms with Gasteiger partial charge in [0.15, 0.2) is 0 Å². The second-order valence-corrected chi connectivity index (χ2v) is 6.59. The van der Waals surface area contributed by atoms with Crippen LogP contribution < -0.4 is 4.74 Å². The number of aliphatic hydroxyl groups is 1. The fourth-order valence-electron chi connectivity index (χ4n) is 3.18. The number of piperidine rings is 1. The van der Waals surface area contributed by atoms with Gasteiger partial charge in [0.25, 0.3) is 0 Å². The maximum Gasteiger partial charge on any atom is 0.125 e. The van der Waals surface area contributed by atoms with E-state index in [1.807, 2.05) is 39.0 Å². The van der Waals surface area contributed by atoms with E-state index in [9.17, 15) is 5.11 Å². The van der Waals surface area contributed by atoms with Gasteiger partial charge in [0.1, 0.15) is 18.5 Å². The van der Waals surface area contributed by atoms with Gasteiger partial charge in [-0.1, -0.05) is 18.2 Å². The predicted octanol–water partition coefficient (Wildman–Crippen LogP) is 2.79. The van der Waals surface area contributed by atoms with Crippen molar-refractivity contribution in [3.63, 3.8) is 0 Å². The lowest BCUT2D eigenvalue weighted by molar-refractivity contribution is 0.0377. The number of hydrogen-bond acceptors (Lipinski definition) is 4. The Kier molecular flexibility index (Phi) is 7.34. The number of nitrogens with zero attached hydrogens (tertiary/aromatic N) is 1. The summed E-state index contributed by atoms with van der Waals surface area (Å²) < 4.78 is 11.4. The van der Waals surface area contributed by atoms with Crippen molar-refractivity contribution >= 4 is 0 Å². The van der Waals surface area contributed by atoms with E-state index in [4.69, 9.17) is 9.47 Å². The van der Waals surface area contributed by atoms with Crippen LogP contribution in [0.3, 0.4) is 0 Å². The Morgan fingerprint density at radius 3 is 2.48 bits per heavy atom. The van der Waals surface area contributed by atoms with Crippen molar-refractivity contribution in [2.24, 2.45) is 5.92 Å². The first kappa shape index (κ1) is 18.2. The average molecular weight is 321 g/mol. The molecule has 1 unspecified atom stereocenters. The van der Waals surface area contributed by atoms with E-state index in [0.29, 0.717) is 19.1 Å². The summed E-state index contributed by atoms with van der Waals surface area (Å²) in [6.45, 7) is 10.9. The second-order valence-electron chi connectivity index (χ2n) is 6.59. The molecular weight excluding hydrogens is 290 g/mol. The number of benzene rings is 1. The van der Waals surface area contributed by atoms with E-state index < -0.39 is 6.10 Å². The number of aryl methyl sites for hydroxylation is 2. The molecule has 0 amide bonds. The first-order chi connectivity index (χ1) is 11.1. The first-order valence-electron chi connectivity index (χ1n) is 8.77. The summed E-state index contributed by atoms with van der Waals surface area (Å²) in [5, 5.41) is 10.3. The van der Waals surface area contributed by atoms with Crippen LogP contribution in [0.4, 0.5) is 0 Å². The van der Waals surface area contributed by atoms with Gasteiger partial charge in [-0.25, -0.2) is 0 Å². The molecule has 4 heteroatoms. The highest BCUT2D eigenvalue weighted by Crippen LogP contribution is 2.23. The van der Waals surface area contributed by atoms with Crippen LogP contribution in [0.25, 0.3) is 0 Å². The van der Waals surface area contributed by atoms with Gasteiger partial charge in [-0.05, 0) is 63.7 Å². The molecule has 2 rings (SSSR count). The molecule has 1 aromatic carbocycles. The molecule has 0 bridgehead atoms. The Morgan fingerprint density at radius 1 is 1.22 bits per heavy atom. The molecule has 23 heavy (non-hydrogen) atoms. The van der Waals surface area contributed by atoms with Crippen molar-refractivity contribution in [2.45, 2.75) is 39.7 Å². The van der Waals surface area contributed by atoms with Crippen molar-refractivity contribution in [3.8, 4) is 5.75 Å². The molecule has 1 aliphatic heterocycles. The van der Waals surface area contributed by atoms with Gasteiger partial charge in [-0.3, -0.25) is 0 Å². The van der Waals surface area contributed by atoms with Crippen LogP contribution in [0.5, 0.6) is 5.75 Å². The number of β-amino-alcohol motifs (C(OH)–C–C–N with tert-alkyl or cyclic N) is 1. The molecule has 0 aromatic heterocycles. The summed E-state index contributed by atoms with van der Waals surface area (Å²) in [4.78, 5) is 2.33. The molecule has 1 N–H and O–H groups in total. The van der Waals surface area contributed by atoms with Gasteiger partial charge >= 0.3 is 0 Å². The number of para-hydroxylation sites is 1. The molecular formula is C19H31NO3. The molecule has 4 nitrogen and oxygen atoms in total. The molecule has 0 radical (unpaired) electrons. The molecule has 1 saturated heterocycles. The monoisotopic (exact) mass is 321 g/mol. The van der Waals surface area contributed by atoms with Crippen molar-refractivity contribution in [1.29, 1.82) is 0 Å². The normalized spacial score (nSPS) is 18.1. The van der Waals surface area contributed by atoms with Crippen molar-refractivity contribution in [1.82, 2.24) is 4.90 Å². The SMILES string of the molecule is CCOCC1CCN(CC(O)COc2c(C)cccc2C)CC1. The average Bonchev–Trinajstić information content (AvgIpc) is 2.54. The summed E-state index contributed by atoms with van der Waals surface area (Å²) >= 11 is 0. The summed E-state index contributed by atoms with van der Waals surface area (Å²) in [6, 6.07) is 6.11. The zero-order chi connectivity index (χ0) is 16.7. The van der Waals surface area contributed by atoms with Crippen LogP contribution in [-0.4, -0.2) is 55.6 Å². The highest BCUT2D eigenvalue weighted by atomic mass is 16.5. The van der Waals surface area contributed by atoms with Crippen molar-refractivity contribution in [3.05, 3.63) is 29.3 Å². The van der Waals surface area contributed by atoms with Gasteiger partial charge < -0.3 is 19.5 Å². The van der Waals surface area contributed by atoms with Crippen LogP contribution >= 0.6 is 0 Å². The topological polar surface area (TPSA) is 41.9 Å². The lowest BCUT2D eigenvalue weighted by Gasteiger charge is -2.33. The lowest BCUT2D eigenvalue weighted by atomic mass is 9.97. The Morgan fingerprint density at radius 2 is 1.87 bits per heavy atom. The van der Waals surface area contributed by atoms with Gasteiger partial charge in [0, 0.05) is 19.8 Å². The summed E-state index contributed by atoms with van der Waals surface area (Å²) in [5.74, 6) is 1.58. The number of rotatable bonds is 8. The lowest BCUT2D eigenvalue weighted by Crippen LogP contribution is -2.41. The minimum absolute atomic E-state index is 0.352. The van der Waals surface area contributed by atoms with Crippen molar-refractivity contribution < 1.29 is 14.6 Å². The molecule has 1 aliphatic rings. The van der Waals surface area contributed by atoms with Gasteiger partial charge in [-0.2, -0.15) is 0 Å². The highest BCUT2D eigenvalue weighted by Gasteiger charge is 2.21. The Hall–Kier alpha value is -1.10. The standard InChI is InChI=1S/C19H31NO3/c1-4-22-13-17-8-10-20(11-9-17)12-18(21)14-23-19-15(2)6-5-7-16(19)3/h5-7,17-18,21H,4,8-14H2,1-3H3. The summed E-state index contributed by atoms with van der Waals surface area (Å²) in [7, 11) is 0. The minimum atomic E-state index is -0.447. The fourth-order valence-corrected chi connectivity index (χ4v) is 3.18. The number of aliphatic hydroxyl groups excluding tert-OH is 1. The number of hydrogen-bond donors (Lipinski definition) is 1. The largest absolute Gasteiger partial charge is 0.490 e. The van der Waals surface area contributed by atoms with E-state index in [0.717, 1.165) is 56.0 Å². The maximum absolute atomic E-state index is 10.3. The van der Waals surface area contributed by atoms with Crippen LogP contribution in [-0.2, 0) is 4.74 Å². The predicted molar refractivity (Wildman–Crippen MR) is 93.1 cm³/mol. The van der Waals surface area contributed by atoms with E-state index in [2.05, 4.69) is 4.90 Å². The van der Waals surface area contributed by atoms with E-state index in [-0.39, 0.29) is 0 Å². The fraction of sp³-hybridized carbons (Fsp3) is 0.684. The molecule has 1 fully saturated rings. The zero-order valence-corrected chi connectivity index (χ0v) is 14.8. The quantitative estimate of drug-likeness (QED) is 0.799. The van der Waals surface area contributed by atoms with Gasteiger partial charge in [0.05, 0.1) is 0 Å². The molecule has 1 aromatic rings. The molecule has 1 heterocycles. The van der Waals surface area contributed by atoms with Crippen LogP contribution in [0, 0.1) is 19.8 Å². The second kappa shape index (κ2) is 9.26. The van der Waals surface area contributed by atoms with Crippen LogP contribution in [0.15, 0.2) is 18.2 Å². The van der Waals surface area contributed by atoms with Gasteiger partial charge in [-0.15, -0.1) is 0 Å². The zero-order valence-electron chi connectivity index (χ0n) is 14.8. The molecule has 130 valence electrons. The molecule has 0 spiro atoms. The van der Waals surface area contributed by atoms with E-state index in [1.54, 1.807) is 0 Å². The smallest absolute Gasteiger partial charge is 0.125 e. The molecule has 0 aliphatic carbocycles. The maximum atomic E-state index is 10.3. The summed E-state index contributed by atoms with van der Waals surface area (Å²) in [5.41, 5.74) is 2.24. The third-order valence-corrected chi connectivity index (χ3v) is 4.56. The Bertz CT molecular complexity index is 449. The third-order valence-electron chi connectivity index (χ3n) is 4.56. The number of likely N-dealkylation sites (tertiary alicyclic amines) is 1. The minimum Gasteiger partial charge on any atom is -0.490 e. The highest BCUT2D eigenvalue weighted by molar-refractivity contribution is 5.39. The number of ether oxygens (including phenoxy) is 2. The van der Waals surface area contributed by atoms with Crippen LogP contribution in [0.1, 0.15) is 30.9 Å². The van der Waals surface area contributed by atoms with Crippen LogP contribution in [0.2, 0.25) is 0 Å². The van der Waals surface area contributed by atoms with Crippen molar-refractivity contribution in [2.75, 3.05) is 39.5 Å². The molecule has 1 atom stereocenters. The first-order valence-corrected chi connectivity index (χ1v) is 8.77.